The molecule has 1 saturated heterocycles. The van der Waals surface area contributed by atoms with Crippen molar-refractivity contribution in [2.24, 2.45) is 0 Å². The standard InChI is InChI=1S/C28H28FN3O4/c1-28(29)16-21(17-30)32(18-28)27(34)10-9-26(33)23-11-12-31-25-8-5-20(15-24(23)25)19-3-6-22(7-4-19)36-14-13-35-2/h3-8,11-12,15,21H,9-10,13-14,16,18H2,1-2H3/t21-,28?/m0/s1. The van der Waals surface area contributed by atoms with Crippen molar-refractivity contribution in [3.63, 3.8) is 0 Å². The zero-order chi connectivity index (χ0) is 25.7. The molecule has 36 heavy (non-hydrogen) atoms. The summed E-state index contributed by atoms with van der Waals surface area (Å²) in [6, 6.07) is 16.2. The van der Waals surface area contributed by atoms with Crippen LogP contribution < -0.4 is 4.74 Å². The minimum absolute atomic E-state index is 0.0127. The van der Waals surface area contributed by atoms with Crippen LogP contribution in [0, 0.1) is 11.3 Å². The third kappa shape index (κ3) is 5.69. The number of carbonyl (C=O) groups excluding carboxylic acids is 2. The molecule has 0 N–H and O–H groups in total. The number of carbonyl (C=O) groups is 2. The molecular weight excluding hydrogens is 461 g/mol. The van der Waals surface area contributed by atoms with E-state index >= 15 is 0 Å². The molecule has 2 atom stereocenters. The highest BCUT2D eigenvalue weighted by molar-refractivity contribution is 6.08. The first-order chi connectivity index (χ1) is 17.3. The maximum atomic E-state index is 14.3. The highest BCUT2D eigenvalue weighted by Crippen LogP contribution is 2.31. The molecule has 1 unspecified atom stereocenters. The van der Waals surface area contributed by atoms with Gasteiger partial charge in [0.25, 0.3) is 0 Å². The van der Waals surface area contributed by atoms with E-state index in [9.17, 15) is 19.2 Å². The zero-order valence-corrected chi connectivity index (χ0v) is 20.4. The van der Waals surface area contributed by atoms with Gasteiger partial charge in [-0.25, -0.2) is 4.39 Å². The molecule has 0 bridgehead atoms. The van der Waals surface area contributed by atoms with Gasteiger partial charge in [-0.2, -0.15) is 5.26 Å². The van der Waals surface area contributed by atoms with E-state index in [1.807, 2.05) is 48.5 Å². The summed E-state index contributed by atoms with van der Waals surface area (Å²) in [6.45, 7) is 2.23. The summed E-state index contributed by atoms with van der Waals surface area (Å²) in [5, 5.41) is 9.97. The summed E-state index contributed by atoms with van der Waals surface area (Å²) >= 11 is 0. The van der Waals surface area contributed by atoms with Gasteiger partial charge in [-0.05, 0) is 48.4 Å². The Hall–Kier alpha value is -3.83. The largest absolute Gasteiger partial charge is 0.491 e. The Morgan fingerprint density at radius 1 is 1.14 bits per heavy atom. The molecule has 1 aliphatic heterocycles. The summed E-state index contributed by atoms with van der Waals surface area (Å²) in [7, 11) is 1.62. The van der Waals surface area contributed by atoms with E-state index in [2.05, 4.69) is 4.98 Å². The van der Waals surface area contributed by atoms with Gasteiger partial charge < -0.3 is 14.4 Å². The third-order valence-electron chi connectivity index (χ3n) is 6.32. The molecule has 0 aliphatic carbocycles. The Kier molecular flexibility index (Phi) is 7.61. The summed E-state index contributed by atoms with van der Waals surface area (Å²) in [5.74, 6) is 0.150. The second kappa shape index (κ2) is 10.8. The number of nitrogens with zero attached hydrogens (tertiary/aromatic N) is 3. The molecule has 3 aromatic rings. The van der Waals surface area contributed by atoms with Crippen LogP contribution in [0.1, 0.15) is 36.5 Å². The zero-order valence-electron chi connectivity index (χ0n) is 20.4. The van der Waals surface area contributed by atoms with E-state index in [1.165, 1.54) is 11.8 Å². The quantitative estimate of drug-likeness (QED) is 0.318. The fourth-order valence-electron chi connectivity index (χ4n) is 4.47. The Labute approximate surface area is 209 Å². The van der Waals surface area contributed by atoms with E-state index in [-0.39, 0.29) is 37.5 Å². The lowest BCUT2D eigenvalue weighted by atomic mass is 9.97. The Morgan fingerprint density at radius 3 is 2.61 bits per heavy atom. The number of alkyl halides is 1. The lowest BCUT2D eigenvalue weighted by Crippen LogP contribution is -2.36. The molecular formula is C28H28FN3O4. The van der Waals surface area contributed by atoms with Crippen molar-refractivity contribution in [3.8, 4) is 22.9 Å². The van der Waals surface area contributed by atoms with Crippen LogP contribution in [0.4, 0.5) is 4.39 Å². The van der Waals surface area contributed by atoms with Crippen molar-refractivity contribution in [2.45, 2.75) is 37.9 Å². The van der Waals surface area contributed by atoms with Gasteiger partial charge in [0, 0.05) is 43.5 Å². The number of aromatic nitrogens is 1. The summed E-state index contributed by atoms with van der Waals surface area (Å²) < 4.78 is 24.9. The third-order valence-corrected chi connectivity index (χ3v) is 6.32. The normalized spacial score (nSPS) is 19.3. The van der Waals surface area contributed by atoms with Crippen molar-refractivity contribution in [1.82, 2.24) is 9.88 Å². The first kappa shape index (κ1) is 25.3. The van der Waals surface area contributed by atoms with Gasteiger partial charge in [-0.15, -0.1) is 0 Å². The second-order valence-corrected chi connectivity index (χ2v) is 9.16. The lowest BCUT2D eigenvalue weighted by Gasteiger charge is -2.19. The summed E-state index contributed by atoms with van der Waals surface area (Å²) in [5.41, 5.74) is 1.43. The maximum Gasteiger partial charge on any atom is 0.224 e. The van der Waals surface area contributed by atoms with E-state index in [0.717, 1.165) is 16.9 Å². The van der Waals surface area contributed by atoms with Crippen molar-refractivity contribution in [3.05, 3.63) is 60.3 Å². The van der Waals surface area contributed by atoms with Crippen LogP contribution in [0.15, 0.2) is 54.7 Å². The number of methoxy groups -OCH3 is 1. The molecule has 2 aromatic carbocycles. The predicted octanol–water partition coefficient (Wildman–Crippen LogP) is 4.74. The molecule has 1 fully saturated rings. The molecule has 7 nitrogen and oxygen atoms in total. The van der Waals surface area contributed by atoms with E-state index in [1.54, 1.807) is 19.4 Å². The van der Waals surface area contributed by atoms with Crippen LogP contribution in [0.3, 0.4) is 0 Å². The minimum Gasteiger partial charge on any atom is -0.491 e. The lowest BCUT2D eigenvalue weighted by molar-refractivity contribution is -0.131. The van der Waals surface area contributed by atoms with Crippen LogP contribution in [0.5, 0.6) is 5.75 Å². The second-order valence-electron chi connectivity index (χ2n) is 9.16. The number of ether oxygens (including phenoxy) is 2. The van der Waals surface area contributed by atoms with Gasteiger partial charge in [0.1, 0.15) is 24.1 Å². The molecule has 1 aliphatic rings. The topological polar surface area (TPSA) is 92.5 Å². The van der Waals surface area contributed by atoms with Gasteiger partial charge in [0.15, 0.2) is 5.78 Å². The monoisotopic (exact) mass is 489 g/mol. The fraction of sp³-hybridized carbons (Fsp3) is 0.357. The molecule has 0 saturated carbocycles. The minimum atomic E-state index is -1.59. The number of pyridine rings is 1. The van der Waals surface area contributed by atoms with Crippen LogP contribution in [-0.2, 0) is 9.53 Å². The van der Waals surface area contributed by atoms with E-state index < -0.39 is 11.7 Å². The number of rotatable bonds is 9. The Balaban J connectivity index is 1.49. The molecule has 186 valence electrons. The summed E-state index contributed by atoms with van der Waals surface area (Å²) in [4.78, 5) is 31.4. The Bertz CT molecular complexity index is 1300. The molecule has 0 radical (unpaired) electrons. The molecule has 2 heterocycles. The van der Waals surface area contributed by atoms with Gasteiger partial charge in [-0.1, -0.05) is 18.2 Å². The molecule has 1 amide bonds. The number of ketones is 1. The number of benzene rings is 2. The average Bonchev–Trinajstić information content (AvgIpc) is 3.21. The Morgan fingerprint density at radius 2 is 1.89 bits per heavy atom. The average molecular weight is 490 g/mol. The molecule has 1 aromatic heterocycles. The van der Waals surface area contributed by atoms with Gasteiger partial charge >= 0.3 is 0 Å². The van der Waals surface area contributed by atoms with Crippen LogP contribution in [0.2, 0.25) is 0 Å². The molecule has 4 rings (SSSR count). The molecule has 8 heteroatoms. The van der Waals surface area contributed by atoms with Crippen LogP contribution in [-0.4, -0.2) is 60.2 Å². The number of amides is 1. The molecule has 0 spiro atoms. The van der Waals surface area contributed by atoms with Crippen LogP contribution in [0.25, 0.3) is 22.0 Å². The predicted molar refractivity (Wildman–Crippen MR) is 133 cm³/mol. The maximum absolute atomic E-state index is 14.3. The number of fused-ring (bicyclic) bond motifs is 1. The van der Waals surface area contributed by atoms with E-state index in [4.69, 9.17) is 9.47 Å². The fourth-order valence-corrected chi connectivity index (χ4v) is 4.47. The first-order valence-electron chi connectivity index (χ1n) is 11.8. The number of likely N-dealkylation sites (tertiary alicyclic amines) is 1. The number of halogens is 1. The van der Waals surface area contributed by atoms with Crippen molar-refractivity contribution in [1.29, 1.82) is 5.26 Å². The van der Waals surface area contributed by atoms with Gasteiger partial charge in [0.05, 0.1) is 24.7 Å². The van der Waals surface area contributed by atoms with Gasteiger partial charge in [0.2, 0.25) is 5.91 Å². The summed E-state index contributed by atoms with van der Waals surface area (Å²) in [6.07, 6.45) is 1.44. The first-order valence-corrected chi connectivity index (χ1v) is 11.8. The number of hydrogen-bond acceptors (Lipinski definition) is 6. The SMILES string of the molecule is COCCOc1ccc(-c2ccc3nccc(C(=O)CCC(=O)N4CC(C)(F)C[C@H]4C#N)c3c2)cc1. The number of Topliss-reactive ketones (excluding diaryl/α,β-unsaturated/α-hetero) is 1. The van der Waals surface area contributed by atoms with Gasteiger partial charge in [-0.3, -0.25) is 14.6 Å². The van der Waals surface area contributed by atoms with E-state index in [0.29, 0.717) is 29.7 Å². The highest BCUT2D eigenvalue weighted by atomic mass is 19.1. The van der Waals surface area contributed by atoms with Crippen LogP contribution >= 0.6 is 0 Å². The number of nitriles is 1. The van der Waals surface area contributed by atoms with Crippen molar-refractivity contribution in [2.75, 3.05) is 26.9 Å². The highest BCUT2D eigenvalue weighted by Gasteiger charge is 2.43. The van der Waals surface area contributed by atoms with Crippen molar-refractivity contribution < 1.29 is 23.5 Å². The number of hydrogen-bond donors (Lipinski definition) is 0. The smallest absolute Gasteiger partial charge is 0.224 e. The van der Waals surface area contributed by atoms with Crippen molar-refractivity contribution >= 4 is 22.6 Å².